The van der Waals surface area contributed by atoms with E-state index in [1.807, 2.05) is 0 Å². The van der Waals surface area contributed by atoms with Crippen molar-refractivity contribution in [2.45, 2.75) is 19.3 Å². The molecule has 3 rings (SSSR count). The summed E-state index contributed by atoms with van der Waals surface area (Å²) >= 11 is 0. The first-order valence-corrected chi connectivity index (χ1v) is 3.67. The molecular weight excluding hydrogens is 114 g/mol. The van der Waals surface area contributed by atoms with Crippen molar-refractivity contribution >= 4 is 0 Å². The van der Waals surface area contributed by atoms with Crippen LogP contribution in [-0.2, 0) is 0 Å². The maximum absolute atomic E-state index is 2.58. The summed E-state index contributed by atoms with van der Waals surface area (Å²) in [7, 11) is 0. The summed E-state index contributed by atoms with van der Waals surface area (Å²) < 4.78 is 0. The summed E-state index contributed by atoms with van der Waals surface area (Å²) in [5.74, 6) is 1.11. The van der Waals surface area contributed by atoms with E-state index in [0.717, 1.165) is 5.92 Å². The molecule has 2 nitrogen and oxygen atoms in total. The third-order valence-corrected chi connectivity index (χ3v) is 2.56. The van der Waals surface area contributed by atoms with Gasteiger partial charge in [0.15, 0.2) is 0 Å². The molecule has 0 aromatic rings. The lowest BCUT2D eigenvalue weighted by atomic mass is 9.89. The van der Waals surface area contributed by atoms with Gasteiger partial charge in [0.1, 0.15) is 0 Å². The average molecular weight is 129 g/mol. The molecule has 0 unspecified atom stereocenters. The van der Waals surface area contributed by atoms with Crippen LogP contribution in [-0.4, -0.2) is 30.0 Å². The summed E-state index contributed by atoms with van der Waals surface area (Å²) in [6.45, 7) is 4.18. The largest absolute Gasteiger partial charge is 0.412 e. The van der Waals surface area contributed by atoms with Crippen molar-refractivity contribution in [3.63, 3.8) is 0 Å². The molecule has 2 heteroatoms. The van der Waals surface area contributed by atoms with E-state index in [-0.39, 0.29) is 5.48 Å². The van der Waals surface area contributed by atoms with E-state index < -0.39 is 0 Å². The van der Waals surface area contributed by atoms with Gasteiger partial charge >= 0.3 is 0 Å². The first-order valence-electron chi connectivity index (χ1n) is 3.67. The second kappa shape index (κ2) is 2.67. The molecule has 0 amide bonds. The maximum atomic E-state index is 2.58. The molecule has 2 bridgehead atoms. The van der Waals surface area contributed by atoms with Crippen molar-refractivity contribution in [3.05, 3.63) is 0 Å². The number of hydrogen-bond acceptors (Lipinski definition) is 1. The number of fused-ring (bicyclic) bond motifs is 3. The fourth-order valence-electron chi connectivity index (χ4n) is 1.86. The van der Waals surface area contributed by atoms with Crippen molar-refractivity contribution in [2.75, 3.05) is 19.6 Å². The molecule has 3 aliphatic heterocycles. The van der Waals surface area contributed by atoms with Crippen LogP contribution in [0, 0.1) is 5.92 Å². The highest BCUT2D eigenvalue weighted by atomic mass is 16.0. The fourth-order valence-corrected chi connectivity index (χ4v) is 1.86. The van der Waals surface area contributed by atoms with Gasteiger partial charge in [-0.1, -0.05) is 0 Å². The highest BCUT2D eigenvalue weighted by Crippen LogP contribution is 2.26. The Morgan fingerprint density at radius 2 is 1.33 bits per heavy atom. The van der Waals surface area contributed by atoms with E-state index in [4.69, 9.17) is 0 Å². The molecular formula is C7H15NO. The topological polar surface area (TPSA) is 34.7 Å². The third kappa shape index (κ3) is 1.25. The lowest BCUT2D eigenvalue weighted by Crippen LogP contribution is -2.41. The monoisotopic (exact) mass is 129 g/mol. The molecule has 0 aliphatic carbocycles. The van der Waals surface area contributed by atoms with Crippen molar-refractivity contribution in [1.29, 1.82) is 0 Å². The Morgan fingerprint density at radius 1 is 0.889 bits per heavy atom. The maximum Gasteiger partial charge on any atom is -0.00161 e. The van der Waals surface area contributed by atoms with Crippen molar-refractivity contribution in [3.8, 4) is 0 Å². The van der Waals surface area contributed by atoms with Gasteiger partial charge in [-0.3, -0.25) is 0 Å². The van der Waals surface area contributed by atoms with Gasteiger partial charge in [0.05, 0.1) is 0 Å². The molecule has 9 heavy (non-hydrogen) atoms. The van der Waals surface area contributed by atoms with Gasteiger partial charge in [0.25, 0.3) is 0 Å². The van der Waals surface area contributed by atoms with Gasteiger partial charge in [0, 0.05) is 0 Å². The molecule has 0 spiro atoms. The van der Waals surface area contributed by atoms with Crippen LogP contribution in [0.3, 0.4) is 0 Å². The molecule has 3 fully saturated rings. The van der Waals surface area contributed by atoms with Crippen LogP contribution >= 0.6 is 0 Å². The van der Waals surface area contributed by atoms with Crippen molar-refractivity contribution in [1.82, 2.24) is 4.90 Å². The summed E-state index contributed by atoms with van der Waals surface area (Å²) in [4.78, 5) is 2.58. The minimum Gasteiger partial charge on any atom is -0.412 e. The van der Waals surface area contributed by atoms with Crippen molar-refractivity contribution < 1.29 is 5.48 Å². The molecule has 0 aromatic heterocycles. The zero-order valence-electron chi connectivity index (χ0n) is 5.77. The lowest BCUT2D eigenvalue weighted by molar-refractivity contribution is 0.111. The molecule has 0 atom stereocenters. The zero-order chi connectivity index (χ0) is 5.40. The number of rotatable bonds is 0. The molecule has 3 heterocycles. The van der Waals surface area contributed by atoms with E-state index in [1.54, 1.807) is 0 Å². The third-order valence-electron chi connectivity index (χ3n) is 2.56. The van der Waals surface area contributed by atoms with Crippen LogP contribution in [0.1, 0.15) is 19.3 Å². The number of piperidine rings is 3. The SMILES string of the molecule is C1CN2CCC1CC2.O. The zero-order valence-corrected chi connectivity index (χ0v) is 5.77. The summed E-state index contributed by atoms with van der Waals surface area (Å²) in [5.41, 5.74) is 0. The van der Waals surface area contributed by atoms with Gasteiger partial charge in [-0.25, -0.2) is 0 Å². The Morgan fingerprint density at radius 3 is 1.44 bits per heavy atom. The van der Waals surface area contributed by atoms with Crippen LogP contribution in [0.4, 0.5) is 0 Å². The van der Waals surface area contributed by atoms with Gasteiger partial charge in [-0.15, -0.1) is 0 Å². The van der Waals surface area contributed by atoms with E-state index in [9.17, 15) is 0 Å². The Bertz CT molecular complexity index is 63.9. The van der Waals surface area contributed by atoms with E-state index in [0.29, 0.717) is 0 Å². The van der Waals surface area contributed by atoms with E-state index in [1.165, 1.54) is 38.9 Å². The number of nitrogens with zero attached hydrogens (tertiary/aromatic N) is 1. The summed E-state index contributed by atoms with van der Waals surface area (Å²) in [6, 6.07) is 0. The second-order valence-corrected chi connectivity index (χ2v) is 3.07. The van der Waals surface area contributed by atoms with Crippen LogP contribution < -0.4 is 0 Å². The van der Waals surface area contributed by atoms with Gasteiger partial charge < -0.3 is 10.4 Å². The van der Waals surface area contributed by atoms with Crippen LogP contribution in [0.25, 0.3) is 0 Å². The highest BCUT2D eigenvalue weighted by molar-refractivity contribution is 4.78. The van der Waals surface area contributed by atoms with Crippen LogP contribution in [0.2, 0.25) is 0 Å². The first kappa shape index (κ1) is 7.03. The molecule has 2 N–H and O–H groups in total. The highest BCUT2D eigenvalue weighted by Gasteiger charge is 2.24. The second-order valence-electron chi connectivity index (χ2n) is 3.07. The Labute approximate surface area is 56.2 Å². The normalized spacial score (nSPS) is 40.0. The predicted octanol–water partition coefficient (Wildman–Crippen LogP) is 0.277. The quantitative estimate of drug-likeness (QED) is 0.462. The van der Waals surface area contributed by atoms with E-state index >= 15 is 0 Å². The standard InChI is InChI=1S/C7H13N.H2O/c1-4-8-5-2-7(1)3-6-8;/h7H,1-6H2;1H2. The smallest absolute Gasteiger partial charge is 0.00161 e. The summed E-state index contributed by atoms with van der Waals surface area (Å²) in [6.07, 6.45) is 4.46. The minimum atomic E-state index is 0. The Balaban J connectivity index is 0.000000405. The van der Waals surface area contributed by atoms with Crippen LogP contribution in [0.5, 0.6) is 0 Å². The van der Waals surface area contributed by atoms with Gasteiger partial charge in [-0.05, 0) is 44.8 Å². The average Bonchev–Trinajstić information content (AvgIpc) is 1.92. The summed E-state index contributed by atoms with van der Waals surface area (Å²) in [5, 5.41) is 0. The molecule has 0 aromatic carbocycles. The molecule has 0 radical (unpaired) electrons. The van der Waals surface area contributed by atoms with Gasteiger partial charge in [0.2, 0.25) is 0 Å². The molecule has 54 valence electrons. The number of hydrogen-bond donors (Lipinski definition) is 0. The van der Waals surface area contributed by atoms with E-state index in [2.05, 4.69) is 4.90 Å². The Hall–Kier alpha value is -0.0800. The van der Waals surface area contributed by atoms with Crippen LogP contribution in [0.15, 0.2) is 0 Å². The minimum absolute atomic E-state index is 0. The molecule has 3 aliphatic rings. The Kier molecular flexibility index (Phi) is 2.09. The van der Waals surface area contributed by atoms with Crippen molar-refractivity contribution in [2.24, 2.45) is 5.92 Å². The molecule has 3 saturated heterocycles. The predicted molar refractivity (Wildman–Crippen MR) is 37.4 cm³/mol. The van der Waals surface area contributed by atoms with Gasteiger partial charge in [-0.2, -0.15) is 0 Å². The molecule has 0 saturated carbocycles. The fraction of sp³-hybridized carbons (Fsp3) is 1.00. The first-order chi connectivity index (χ1) is 3.95. The lowest BCUT2D eigenvalue weighted by Gasteiger charge is -2.38.